The van der Waals surface area contributed by atoms with Crippen LogP contribution in [-0.4, -0.2) is 17.6 Å². The molecule has 1 heterocycles. The predicted molar refractivity (Wildman–Crippen MR) is 71.8 cm³/mol. The standard InChI is InChI=1S/C15H13NO3/c1-11-10-13(7-6-12(11)4-2-8-17)16-15(18)14-5-3-9-19-14/h3,5-7,9-10,17H,8H2,1H3,(H,16,18). The van der Waals surface area contributed by atoms with Crippen LogP contribution >= 0.6 is 0 Å². The van der Waals surface area contributed by atoms with Crippen LogP contribution in [-0.2, 0) is 0 Å². The van der Waals surface area contributed by atoms with E-state index in [1.807, 2.05) is 13.0 Å². The average molecular weight is 255 g/mol. The first-order chi connectivity index (χ1) is 9.20. The van der Waals surface area contributed by atoms with E-state index in [0.717, 1.165) is 11.1 Å². The van der Waals surface area contributed by atoms with Crippen LogP contribution in [0.25, 0.3) is 0 Å². The first-order valence-corrected chi connectivity index (χ1v) is 5.76. The molecule has 0 aliphatic rings. The van der Waals surface area contributed by atoms with Gasteiger partial charge in [0, 0.05) is 11.3 Å². The minimum Gasteiger partial charge on any atom is -0.459 e. The summed E-state index contributed by atoms with van der Waals surface area (Å²) < 4.78 is 5.01. The summed E-state index contributed by atoms with van der Waals surface area (Å²) in [6.07, 6.45) is 1.45. The van der Waals surface area contributed by atoms with Gasteiger partial charge >= 0.3 is 0 Å². The van der Waals surface area contributed by atoms with Gasteiger partial charge in [0.1, 0.15) is 6.61 Å². The van der Waals surface area contributed by atoms with Crippen molar-refractivity contribution in [3.8, 4) is 11.8 Å². The van der Waals surface area contributed by atoms with E-state index in [1.165, 1.54) is 6.26 Å². The summed E-state index contributed by atoms with van der Waals surface area (Å²) in [6, 6.07) is 8.64. The van der Waals surface area contributed by atoms with Gasteiger partial charge in [0.05, 0.1) is 6.26 Å². The zero-order chi connectivity index (χ0) is 13.7. The third-order valence-corrected chi connectivity index (χ3v) is 2.53. The zero-order valence-electron chi connectivity index (χ0n) is 10.4. The first-order valence-electron chi connectivity index (χ1n) is 5.76. The SMILES string of the molecule is Cc1cc(NC(=O)c2ccco2)ccc1C#CCO. The maximum atomic E-state index is 11.8. The lowest BCUT2D eigenvalue weighted by molar-refractivity contribution is 0.0996. The number of carbonyl (C=O) groups is 1. The second kappa shape index (κ2) is 5.89. The Morgan fingerprint density at radius 2 is 2.26 bits per heavy atom. The largest absolute Gasteiger partial charge is 0.459 e. The van der Waals surface area contributed by atoms with Gasteiger partial charge in [-0.2, -0.15) is 0 Å². The lowest BCUT2D eigenvalue weighted by Crippen LogP contribution is -2.10. The number of hydrogen-bond acceptors (Lipinski definition) is 3. The maximum Gasteiger partial charge on any atom is 0.291 e. The Balaban J connectivity index is 2.14. The number of aryl methyl sites for hydroxylation is 1. The van der Waals surface area contributed by atoms with E-state index in [0.29, 0.717) is 5.69 Å². The second-order valence-electron chi connectivity index (χ2n) is 3.92. The van der Waals surface area contributed by atoms with Gasteiger partial charge in [-0.15, -0.1) is 0 Å². The highest BCUT2D eigenvalue weighted by molar-refractivity contribution is 6.02. The molecule has 0 saturated carbocycles. The Hall–Kier alpha value is -2.51. The summed E-state index contributed by atoms with van der Waals surface area (Å²) in [6.45, 7) is 1.72. The molecule has 0 radical (unpaired) electrons. The van der Waals surface area contributed by atoms with Gasteiger partial charge in [0.2, 0.25) is 0 Å². The molecule has 0 fully saturated rings. The smallest absolute Gasteiger partial charge is 0.291 e. The third kappa shape index (κ3) is 3.24. The Labute approximate surface area is 111 Å². The van der Waals surface area contributed by atoms with Gasteiger partial charge in [-0.1, -0.05) is 11.8 Å². The van der Waals surface area contributed by atoms with E-state index >= 15 is 0 Å². The fourth-order valence-electron chi connectivity index (χ4n) is 1.62. The number of aliphatic hydroxyl groups is 1. The molecule has 0 unspecified atom stereocenters. The molecule has 0 aliphatic carbocycles. The van der Waals surface area contributed by atoms with Gasteiger partial charge in [-0.05, 0) is 42.8 Å². The molecule has 1 amide bonds. The molecule has 2 aromatic rings. The summed E-state index contributed by atoms with van der Waals surface area (Å²) >= 11 is 0. The van der Waals surface area contributed by atoms with E-state index in [4.69, 9.17) is 9.52 Å². The summed E-state index contributed by atoms with van der Waals surface area (Å²) in [5.41, 5.74) is 2.43. The van der Waals surface area contributed by atoms with Gasteiger partial charge < -0.3 is 14.8 Å². The number of furan rings is 1. The Kier molecular flexibility index (Phi) is 4.01. The monoisotopic (exact) mass is 255 g/mol. The van der Waals surface area contributed by atoms with E-state index < -0.39 is 0 Å². The van der Waals surface area contributed by atoms with Crippen molar-refractivity contribution in [3.63, 3.8) is 0 Å². The highest BCUT2D eigenvalue weighted by atomic mass is 16.3. The van der Waals surface area contributed by atoms with Crippen molar-refractivity contribution >= 4 is 11.6 Å². The van der Waals surface area contributed by atoms with Crippen molar-refractivity contribution in [2.45, 2.75) is 6.92 Å². The van der Waals surface area contributed by atoms with Crippen LogP contribution in [0.3, 0.4) is 0 Å². The molecular formula is C15H13NO3. The fraction of sp³-hybridized carbons (Fsp3) is 0.133. The number of rotatable bonds is 2. The van der Waals surface area contributed by atoms with Crippen LogP contribution in [0.4, 0.5) is 5.69 Å². The van der Waals surface area contributed by atoms with Crippen LogP contribution in [0.5, 0.6) is 0 Å². The van der Waals surface area contributed by atoms with Crippen molar-refractivity contribution < 1.29 is 14.3 Å². The predicted octanol–water partition coefficient (Wildman–Crippen LogP) is 2.18. The summed E-state index contributed by atoms with van der Waals surface area (Å²) in [5, 5.41) is 11.4. The van der Waals surface area contributed by atoms with Crippen molar-refractivity contribution in [3.05, 3.63) is 53.5 Å². The number of amides is 1. The van der Waals surface area contributed by atoms with Gasteiger partial charge in [-0.3, -0.25) is 4.79 Å². The number of carbonyl (C=O) groups excluding carboxylic acids is 1. The minimum absolute atomic E-state index is 0.170. The number of anilines is 1. The number of aliphatic hydroxyl groups excluding tert-OH is 1. The lowest BCUT2D eigenvalue weighted by Gasteiger charge is -2.05. The summed E-state index contributed by atoms with van der Waals surface area (Å²) in [4.78, 5) is 11.8. The Morgan fingerprint density at radius 3 is 2.89 bits per heavy atom. The molecule has 0 saturated heterocycles. The molecule has 96 valence electrons. The molecule has 1 aromatic carbocycles. The van der Waals surface area contributed by atoms with Crippen LogP contribution in [0, 0.1) is 18.8 Å². The van der Waals surface area contributed by atoms with Crippen molar-refractivity contribution in [1.29, 1.82) is 0 Å². The number of nitrogens with one attached hydrogen (secondary N) is 1. The first kappa shape index (κ1) is 12.9. The van der Waals surface area contributed by atoms with Crippen LogP contribution in [0.2, 0.25) is 0 Å². The van der Waals surface area contributed by atoms with Crippen molar-refractivity contribution in [2.24, 2.45) is 0 Å². The molecule has 19 heavy (non-hydrogen) atoms. The van der Waals surface area contributed by atoms with Crippen LogP contribution in [0.1, 0.15) is 21.7 Å². The summed E-state index contributed by atoms with van der Waals surface area (Å²) in [7, 11) is 0. The lowest BCUT2D eigenvalue weighted by atomic mass is 10.1. The highest BCUT2D eigenvalue weighted by Gasteiger charge is 2.08. The molecule has 2 rings (SSSR count). The highest BCUT2D eigenvalue weighted by Crippen LogP contribution is 2.15. The zero-order valence-corrected chi connectivity index (χ0v) is 10.4. The van der Waals surface area contributed by atoms with Gasteiger partial charge in [0.25, 0.3) is 5.91 Å². The van der Waals surface area contributed by atoms with Crippen molar-refractivity contribution in [1.82, 2.24) is 0 Å². The Morgan fingerprint density at radius 1 is 1.42 bits per heavy atom. The Bertz CT molecular complexity index is 633. The molecule has 4 heteroatoms. The second-order valence-corrected chi connectivity index (χ2v) is 3.92. The minimum atomic E-state index is -0.293. The van der Waals surface area contributed by atoms with Crippen LogP contribution in [0.15, 0.2) is 41.0 Å². The van der Waals surface area contributed by atoms with Crippen LogP contribution < -0.4 is 5.32 Å². The van der Waals surface area contributed by atoms with Crippen molar-refractivity contribution in [2.75, 3.05) is 11.9 Å². The number of benzene rings is 1. The average Bonchev–Trinajstić information content (AvgIpc) is 2.92. The fourth-order valence-corrected chi connectivity index (χ4v) is 1.62. The summed E-state index contributed by atoms with van der Waals surface area (Å²) in [5.74, 6) is 5.40. The molecule has 4 nitrogen and oxygen atoms in total. The topological polar surface area (TPSA) is 62.5 Å². The van der Waals surface area contributed by atoms with Gasteiger partial charge in [-0.25, -0.2) is 0 Å². The quantitative estimate of drug-likeness (QED) is 0.808. The third-order valence-electron chi connectivity index (χ3n) is 2.53. The molecule has 0 spiro atoms. The molecule has 0 atom stereocenters. The molecule has 0 bridgehead atoms. The molecule has 1 aromatic heterocycles. The van der Waals surface area contributed by atoms with E-state index in [9.17, 15) is 4.79 Å². The van der Waals surface area contributed by atoms with E-state index in [-0.39, 0.29) is 18.3 Å². The normalized spacial score (nSPS) is 9.58. The molecule has 0 aliphatic heterocycles. The number of hydrogen-bond donors (Lipinski definition) is 2. The molecular weight excluding hydrogens is 242 g/mol. The molecule has 2 N–H and O–H groups in total. The van der Waals surface area contributed by atoms with E-state index in [1.54, 1.807) is 24.3 Å². The van der Waals surface area contributed by atoms with Gasteiger partial charge in [0.15, 0.2) is 5.76 Å². The maximum absolute atomic E-state index is 11.8. The van der Waals surface area contributed by atoms with E-state index in [2.05, 4.69) is 17.2 Å².